The smallest absolute Gasteiger partial charge is 0.193 e. The highest BCUT2D eigenvalue weighted by atomic mass is 16.5. The van der Waals surface area contributed by atoms with E-state index < -0.39 is 0 Å². The first-order valence-corrected chi connectivity index (χ1v) is 7.12. The van der Waals surface area contributed by atoms with Crippen LogP contribution in [0.3, 0.4) is 0 Å². The summed E-state index contributed by atoms with van der Waals surface area (Å²) in [6.45, 7) is 6.55. The van der Waals surface area contributed by atoms with Gasteiger partial charge in [-0.05, 0) is 25.6 Å². The molecule has 0 saturated carbocycles. The Morgan fingerprint density at radius 1 is 1.33 bits per heavy atom. The Morgan fingerprint density at radius 2 is 2.00 bits per heavy atom. The van der Waals surface area contributed by atoms with Crippen molar-refractivity contribution in [3.05, 3.63) is 29.8 Å². The van der Waals surface area contributed by atoms with E-state index in [0.29, 0.717) is 19.1 Å². The minimum Gasteiger partial charge on any atom is -0.380 e. The van der Waals surface area contributed by atoms with Crippen LogP contribution in [0.15, 0.2) is 29.3 Å². The molecule has 0 fully saturated rings. The molecule has 1 rings (SSSR count). The van der Waals surface area contributed by atoms with Gasteiger partial charge in [-0.3, -0.25) is 4.99 Å². The fourth-order valence-electron chi connectivity index (χ4n) is 2.31. The number of anilines is 1. The quantitative estimate of drug-likeness (QED) is 0.597. The molecule has 1 aromatic carbocycles. The van der Waals surface area contributed by atoms with Crippen molar-refractivity contribution in [1.82, 2.24) is 4.90 Å². The van der Waals surface area contributed by atoms with E-state index in [1.807, 2.05) is 24.3 Å². The zero-order valence-corrected chi connectivity index (χ0v) is 13.8. The molecule has 0 saturated heterocycles. The summed E-state index contributed by atoms with van der Waals surface area (Å²) in [5.41, 5.74) is 8.08. The molecule has 0 heterocycles. The molecule has 1 aromatic rings. The second-order valence-corrected chi connectivity index (χ2v) is 6.32. The Hall–Kier alpha value is -1.59. The van der Waals surface area contributed by atoms with Crippen molar-refractivity contribution in [2.45, 2.75) is 20.5 Å². The second-order valence-electron chi connectivity index (χ2n) is 6.32. The van der Waals surface area contributed by atoms with Crippen LogP contribution in [-0.2, 0) is 11.3 Å². The van der Waals surface area contributed by atoms with E-state index in [9.17, 15) is 0 Å². The summed E-state index contributed by atoms with van der Waals surface area (Å²) in [4.78, 5) is 6.62. The number of guanidine groups is 1. The highest BCUT2D eigenvalue weighted by Gasteiger charge is 2.18. The predicted molar refractivity (Wildman–Crippen MR) is 89.6 cm³/mol. The molecule has 0 aromatic heterocycles. The number of hydrogen-bond donors (Lipinski definition) is 2. The lowest BCUT2D eigenvalue weighted by Gasteiger charge is -2.26. The fraction of sp³-hybridized carbons (Fsp3) is 0.562. The van der Waals surface area contributed by atoms with Gasteiger partial charge in [0.1, 0.15) is 0 Å². The zero-order chi connectivity index (χ0) is 15.9. The van der Waals surface area contributed by atoms with Gasteiger partial charge >= 0.3 is 0 Å². The molecule has 0 radical (unpaired) electrons. The molecule has 0 amide bonds. The molecule has 0 spiro atoms. The van der Waals surface area contributed by atoms with Crippen LogP contribution in [0.1, 0.15) is 19.4 Å². The minimum atomic E-state index is 0.0852. The number of ether oxygens (including phenoxy) is 1. The molecule has 3 N–H and O–H groups in total. The van der Waals surface area contributed by atoms with Gasteiger partial charge in [0.15, 0.2) is 5.96 Å². The maximum absolute atomic E-state index is 5.99. The van der Waals surface area contributed by atoms with Crippen LogP contribution in [0.25, 0.3) is 0 Å². The average Bonchev–Trinajstić information content (AvgIpc) is 2.38. The number of para-hydroxylation sites is 1. The molecule has 21 heavy (non-hydrogen) atoms. The number of methoxy groups -OCH3 is 1. The number of nitrogens with one attached hydrogen (secondary N) is 1. The summed E-state index contributed by atoms with van der Waals surface area (Å²) in [5, 5.41) is 3.16. The second kappa shape index (κ2) is 8.00. The number of nitrogens with two attached hydrogens (primary N) is 1. The highest BCUT2D eigenvalue weighted by Crippen LogP contribution is 2.17. The Bertz CT molecular complexity index is 469. The summed E-state index contributed by atoms with van der Waals surface area (Å²) < 4.78 is 5.18. The third-order valence-electron chi connectivity index (χ3n) is 3.00. The van der Waals surface area contributed by atoms with Gasteiger partial charge in [0.25, 0.3) is 0 Å². The van der Waals surface area contributed by atoms with Gasteiger partial charge < -0.3 is 20.7 Å². The summed E-state index contributed by atoms with van der Waals surface area (Å²) in [7, 11) is 5.81. The van der Waals surface area contributed by atoms with Crippen LogP contribution in [0.5, 0.6) is 0 Å². The van der Waals surface area contributed by atoms with Crippen molar-refractivity contribution in [2.24, 2.45) is 16.1 Å². The lowest BCUT2D eigenvalue weighted by atomic mass is 9.93. The number of rotatable bonds is 7. The molecule has 0 bridgehead atoms. The normalized spacial score (nSPS) is 12.8. The maximum atomic E-state index is 5.99. The Morgan fingerprint density at radius 3 is 2.62 bits per heavy atom. The van der Waals surface area contributed by atoms with E-state index in [0.717, 1.165) is 17.8 Å². The molecule has 5 heteroatoms. The first kappa shape index (κ1) is 17.5. The predicted octanol–water partition coefficient (Wildman–Crippen LogP) is 2.15. The number of hydrogen-bond acceptors (Lipinski definition) is 3. The summed E-state index contributed by atoms with van der Waals surface area (Å²) in [6, 6.07) is 7.93. The van der Waals surface area contributed by atoms with Crippen molar-refractivity contribution >= 4 is 11.6 Å². The van der Waals surface area contributed by atoms with Gasteiger partial charge in [-0.2, -0.15) is 0 Å². The highest BCUT2D eigenvalue weighted by molar-refractivity contribution is 5.92. The summed E-state index contributed by atoms with van der Waals surface area (Å²) >= 11 is 0. The standard InChI is InChI=1S/C16H28N4O/c1-16(2,12-20(3)4)11-18-15(17)19-14-9-7-6-8-13(14)10-21-5/h6-9H,10-12H2,1-5H3,(H3,17,18,19). The topological polar surface area (TPSA) is 62.9 Å². The van der Waals surface area contributed by atoms with E-state index in [4.69, 9.17) is 10.5 Å². The van der Waals surface area contributed by atoms with Crippen LogP contribution < -0.4 is 11.1 Å². The Balaban J connectivity index is 2.68. The molecule has 5 nitrogen and oxygen atoms in total. The van der Waals surface area contributed by atoms with Gasteiger partial charge in [0.05, 0.1) is 6.61 Å². The molecule has 0 aliphatic rings. The molecule has 0 unspecified atom stereocenters. The van der Waals surface area contributed by atoms with E-state index in [-0.39, 0.29) is 5.41 Å². The molecule has 118 valence electrons. The van der Waals surface area contributed by atoms with Crippen LogP contribution in [0.2, 0.25) is 0 Å². The minimum absolute atomic E-state index is 0.0852. The van der Waals surface area contributed by atoms with Crippen molar-refractivity contribution in [1.29, 1.82) is 0 Å². The monoisotopic (exact) mass is 292 g/mol. The number of benzene rings is 1. The van der Waals surface area contributed by atoms with Crippen LogP contribution in [0.4, 0.5) is 5.69 Å². The molecule has 0 atom stereocenters. The third-order valence-corrected chi connectivity index (χ3v) is 3.00. The van der Waals surface area contributed by atoms with Gasteiger partial charge in [-0.15, -0.1) is 0 Å². The maximum Gasteiger partial charge on any atom is 0.193 e. The third kappa shape index (κ3) is 6.60. The van der Waals surface area contributed by atoms with Crippen LogP contribution >= 0.6 is 0 Å². The largest absolute Gasteiger partial charge is 0.380 e. The summed E-state index contributed by atoms with van der Waals surface area (Å²) in [6.07, 6.45) is 0. The Kier molecular flexibility index (Phi) is 6.65. The molecular weight excluding hydrogens is 264 g/mol. The van der Waals surface area contributed by atoms with Gasteiger partial charge in [0, 0.05) is 31.5 Å². The van der Waals surface area contributed by atoms with Gasteiger partial charge in [0.2, 0.25) is 0 Å². The number of nitrogens with zero attached hydrogens (tertiary/aromatic N) is 2. The zero-order valence-electron chi connectivity index (χ0n) is 13.8. The van der Waals surface area contributed by atoms with Crippen LogP contribution in [-0.4, -0.2) is 45.2 Å². The van der Waals surface area contributed by atoms with Crippen LogP contribution in [0, 0.1) is 5.41 Å². The molecule has 0 aliphatic heterocycles. The van der Waals surface area contributed by atoms with E-state index >= 15 is 0 Å². The SMILES string of the molecule is COCc1ccccc1NC(N)=NCC(C)(C)CN(C)C. The average molecular weight is 292 g/mol. The molecular formula is C16H28N4O. The van der Waals surface area contributed by atoms with E-state index in [2.05, 4.69) is 43.2 Å². The lowest BCUT2D eigenvalue weighted by molar-refractivity contribution is 0.185. The lowest BCUT2D eigenvalue weighted by Crippen LogP contribution is -2.33. The Labute approximate surface area is 128 Å². The van der Waals surface area contributed by atoms with Crippen molar-refractivity contribution in [3.63, 3.8) is 0 Å². The first-order chi connectivity index (χ1) is 9.84. The van der Waals surface area contributed by atoms with E-state index in [1.165, 1.54) is 0 Å². The summed E-state index contributed by atoms with van der Waals surface area (Å²) in [5.74, 6) is 0.436. The van der Waals surface area contributed by atoms with Crippen molar-refractivity contribution < 1.29 is 4.74 Å². The van der Waals surface area contributed by atoms with Gasteiger partial charge in [-0.25, -0.2) is 0 Å². The fourth-order valence-corrected chi connectivity index (χ4v) is 2.31. The molecule has 0 aliphatic carbocycles. The van der Waals surface area contributed by atoms with Gasteiger partial charge in [-0.1, -0.05) is 32.0 Å². The number of aliphatic imine (C=N–C) groups is 1. The van der Waals surface area contributed by atoms with Crippen molar-refractivity contribution in [2.75, 3.05) is 39.6 Å². The van der Waals surface area contributed by atoms with E-state index in [1.54, 1.807) is 7.11 Å². The first-order valence-electron chi connectivity index (χ1n) is 7.12. The van der Waals surface area contributed by atoms with Crippen molar-refractivity contribution in [3.8, 4) is 0 Å².